The average molecular weight is 460 g/mol. The van der Waals surface area contributed by atoms with Gasteiger partial charge < -0.3 is 24.5 Å². The van der Waals surface area contributed by atoms with Crippen molar-refractivity contribution in [2.24, 2.45) is 0 Å². The van der Waals surface area contributed by atoms with Gasteiger partial charge in [-0.05, 0) is 0 Å². The van der Waals surface area contributed by atoms with E-state index in [9.17, 15) is 9.59 Å². The van der Waals surface area contributed by atoms with Gasteiger partial charge in [-0.25, -0.2) is 9.59 Å². The number of alkyl halides is 2. The van der Waals surface area contributed by atoms with Crippen molar-refractivity contribution < 1.29 is 34.1 Å². The van der Waals surface area contributed by atoms with Crippen molar-refractivity contribution in [1.29, 1.82) is 0 Å². The van der Waals surface area contributed by atoms with Gasteiger partial charge in [-0.1, -0.05) is 45.2 Å². The van der Waals surface area contributed by atoms with Crippen molar-refractivity contribution in [3.05, 3.63) is 0 Å². The Balaban J connectivity index is 0. The Bertz CT molecular complexity index is 181. The lowest BCUT2D eigenvalue weighted by Crippen LogP contribution is -2.21. The monoisotopic (exact) mass is 460 g/mol. The molecule has 16 heavy (non-hydrogen) atoms. The van der Waals surface area contributed by atoms with Crippen molar-refractivity contribution in [1.82, 2.24) is 0 Å². The summed E-state index contributed by atoms with van der Waals surface area (Å²) < 4.78 is 10.4. The molecule has 0 aliphatic heterocycles. The van der Waals surface area contributed by atoms with Gasteiger partial charge in [0.1, 0.15) is 13.2 Å². The molecule has 0 aromatic carbocycles. The van der Waals surface area contributed by atoms with Crippen LogP contribution in [0.1, 0.15) is 0 Å². The molecule has 0 saturated carbocycles. The Morgan fingerprint density at radius 2 is 1.19 bits per heavy atom. The largest absolute Gasteiger partial charge is 0.631 e. The highest BCUT2D eigenvalue weighted by atomic mass is 127. The number of carbonyl (C=O) groups is 2. The van der Waals surface area contributed by atoms with Crippen LogP contribution in [0.15, 0.2) is 0 Å². The molecule has 0 heterocycles. The summed E-state index contributed by atoms with van der Waals surface area (Å²) in [5, 5.41) is 21.5. The fraction of sp³-hybridized carbons (Fsp3) is 0.667. The first-order chi connectivity index (χ1) is 7.45. The molecule has 0 atom stereocenters. The van der Waals surface area contributed by atoms with E-state index in [1.807, 2.05) is 45.2 Å². The molecule has 0 saturated heterocycles. The zero-order valence-electron chi connectivity index (χ0n) is 8.14. The van der Waals surface area contributed by atoms with Crippen LogP contribution in [-0.2, 0) is 19.1 Å². The number of hydrogen-bond donors (Lipinski definition) is 3. The third-order valence-electron chi connectivity index (χ3n) is 0.787. The summed E-state index contributed by atoms with van der Waals surface area (Å²) in [7, 11) is -2.17. The second kappa shape index (κ2) is 13.4. The van der Waals surface area contributed by atoms with Gasteiger partial charge in [0.25, 0.3) is 0 Å². The summed E-state index contributed by atoms with van der Waals surface area (Å²) in [6.07, 6.45) is 0. The number of hydrogen-bond acceptors (Lipinski definition) is 7. The van der Waals surface area contributed by atoms with Crippen molar-refractivity contribution in [2.75, 3.05) is 22.1 Å². The molecule has 0 fully saturated rings. The Morgan fingerprint density at radius 1 is 0.938 bits per heavy atom. The Morgan fingerprint density at radius 3 is 1.38 bits per heavy atom. The van der Waals surface area contributed by atoms with Crippen LogP contribution >= 0.6 is 45.2 Å². The van der Waals surface area contributed by atoms with E-state index in [1.165, 1.54) is 0 Å². The maximum absolute atomic E-state index is 10.7. The minimum absolute atomic E-state index is 0.249. The Labute approximate surface area is 120 Å². The molecule has 0 unspecified atom stereocenters. The molecule has 0 aliphatic carbocycles. The van der Waals surface area contributed by atoms with Crippen molar-refractivity contribution in [2.45, 2.75) is 0 Å². The number of halogens is 2. The molecule has 0 rings (SSSR count). The van der Waals surface area contributed by atoms with Crippen LogP contribution in [0.25, 0.3) is 0 Å². The summed E-state index contributed by atoms with van der Waals surface area (Å²) in [5.74, 6) is -1.81. The third kappa shape index (κ3) is 16.8. The van der Waals surface area contributed by atoms with Gasteiger partial charge in [-0.3, -0.25) is 0 Å². The second-order valence-electron chi connectivity index (χ2n) is 2.00. The quantitative estimate of drug-likeness (QED) is 0.161. The molecule has 7 nitrogen and oxygen atoms in total. The highest BCUT2D eigenvalue weighted by Gasteiger charge is 2.15. The average Bonchev–Trinajstić information content (AvgIpc) is 2.21. The van der Waals surface area contributed by atoms with Crippen LogP contribution in [0.5, 0.6) is 0 Å². The van der Waals surface area contributed by atoms with Gasteiger partial charge in [-0.15, -0.1) is 0 Å². The summed E-state index contributed by atoms with van der Waals surface area (Å²) in [6, 6.07) is 0. The molecular formula is C6H11BI2O7. The molecule has 0 amide bonds. The first kappa shape index (κ1) is 18.7. The summed E-state index contributed by atoms with van der Waals surface area (Å²) in [5.41, 5.74) is 0. The second-order valence-corrected chi connectivity index (χ2v) is 4.15. The van der Waals surface area contributed by atoms with Crippen LogP contribution < -0.4 is 0 Å². The summed E-state index contributed by atoms with van der Waals surface area (Å²) in [4.78, 5) is 21.4. The lowest BCUT2D eigenvalue weighted by Gasteiger charge is -2.01. The lowest BCUT2D eigenvalue weighted by molar-refractivity contribution is -0.166. The topological polar surface area (TPSA) is 113 Å². The highest BCUT2D eigenvalue weighted by molar-refractivity contribution is 14.1. The fourth-order valence-electron chi connectivity index (χ4n) is 0.380. The van der Waals surface area contributed by atoms with E-state index in [2.05, 4.69) is 9.47 Å². The van der Waals surface area contributed by atoms with Crippen molar-refractivity contribution in [3.8, 4) is 0 Å². The SMILES string of the molecule is O=C(OCCI)C(=O)OCCI.OB(O)O. The van der Waals surface area contributed by atoms with Gasteiger partial charge in [0.05, 0.1) is 0 Å². The predicted octanol–water partition coefficient (Wildman–Crippen LogP) is -1.11. The van der Waals surface area contributed by atoms with E-state index in [0.717, 1.165) is 0 Å². The number of ether oxygens (including phenoxy) is 2. The van der Waals surface area contributed by atoms with E-state index in [4.69, 9.17) is 15.1 Å². The van der Waals surface area contributed by atoms with Gasteiger partial charge in [0.15, 0.2) is 0 Å². The maximum Gasteiger partial charge on any atom is 0.631 e. The zero-order chi connectivity index (χ0) is 13.0. The maximum atomic E-state index is 10.7. The zero-order valence-corrected chi connectivity index (χ0v) is 12.5. The first-order valence-electron chi connectivity index (χ1n) is 3.95. The van der Waals surface area contributed by atoms with Crippen molar-refractivity contribution >= 4 is 64.4 Å². The van der Waals surface area contributed by atoms with Crippen LogP contribution in [0.3, 0.4) is 0 Å². The van der Waals surface area contributed by atoms with E-state index in [1.54, 1.807) is 0 Å². The molecule has 0 radical (unpaired) electrons. The van der Waals surface area contributed by atoms with Gasteiger partial charge in [-0.2, -0.15) is 0 Å². The molecular weight excluding hydrogens is 449 g/mol. The van der Waals surface area contributed by atoms with Crippen LogP contribution in [-0.4, -0.2) is 56.4 Å². The third-order valence-corrected chi connectivity index (χ3v) is 1.67. The Kier molecular flexibility index (Phi) is 15.7. The van der Waals surface area contributed by atoms with E-state index in [-0.39, 0.29) is 13.2 Å². The van der Waals surface area contributed by atoms with Crippen LogP contribution in [0.2, 0.25) is 0 Å². The molecule has 10 heteroatoms. The van der Waals surface area contributed by atoms with E-state index < -0.39 is 19.3 Å². The first-order valence-corrected chi connectivity index (χ1v) is 7.00. The van der Waals surface area contributed by atoms with Crippen LogP contribution in [0, 0.1) is 0 Å². The minimum Gasteiger partial charge on any atom is -0.456 e. The molecule has 0 bridgehead atoms. The number of carbonyl (C=O) groups excluding carboxylic acids is 2. The number of rotatable bonds is 4. The predicted molar refractivity (Wildman–Crippen MR) is 72.1 cm³/mol. The fourth-order valence-corrected chi connectivity index (χ4v) is 0.821. The molecule has 0 aromatic rings. The molecule has 0 spiro atoms. The normalized spacial score (nSPS) is 8.56. The smallest absolute Gasteiger partial charge is 0.456 e. The molecule has 94 valence electrons. The summed E-state index contributed by atoms with van der Waals surface area (Å²) >= 11 is 4.08. The van der Waals surface area contributed by atoms with E-state index >= 15 is 0 Å². The molecule has 3 N–H and O–H groups in total. The van der Waals surface area contributed by atoms with Gasteiger partial charge >= 0.3 is 19.3 Å². The summed E-state index contributed by atoms with van der Waals surface area (Å²) in [6.45, 7) is 0.497. The Hall–Kier alpha value is 0.345. The number of esters is 2. The van der Waals surface area contributed by atoms with Crippen LogP contribution in [0.4, 0.5) is 0 Å². The lowest BCUT2D eigenvalue weighted by atomic mass is 10.3. The highest BCUT2D eigenvalue weighted by Crippen LogP contribution is 1.89. The molecule has 0 aliphatic rings. The van der Waals surface area contributed by atoms with E-state index in [0.29, 0.717) is 8.86 Å². The molecule has 0 aromatic heterocycles. The van der Waals surface area contributed by atoms with Gasteiger partial charge in [0, 0.05) is 8.86 Å². The standard InChI is InChI=1S/C6H8I2O4.BH3O3/c7-1-3-11-5(9)6(10)12-4-2-8;2-1(3)4/h1-4H2;2-4H. The van der Waals surface area contributed by atoms with Gasteiger partial charge in [0.2, 0.25) is 0 Å². The minimum atomic E-state index is -2.17. The van der Waals surface area contributed by atoms with Crippen molar-refractivity contribution in [3.63, 3.8) is 0 Å².